The summed E-state index contributed by atoms with van der Waals surface area (Å²) in [6.45, 7) is 4.17. The van der Waals surface area contributed by atoms with Crippen LogP contribution in [-0.2, 0) is 12.8 Å². The molecule has 3 nitrogen and oxygen atoms in total. The summed E-state index contributed by atoms with van der Waals surface area (Å²) in [5, 5.41) is 14.7. The monoisotopic (exact) mass is 230 g/mol. The fourth-order valence-electron chi connectivity index (χ4n) is 2.03. The highest BCUT2D eigenvalue weighted by atomic mass is 16.3. The smallest absolute Gasteiger partial charge is 0.217 e. The summed E-state index contributed by atoms with van der Waals surface area (Å²) >= 11 is 0. The zero-order chi connectivity index (χ0) is 12.3. The van der Waals surface area contributed by atoms with Crippen molar-refractivity contribution in [3.05, 3.63) is 41.6 Å². The topological polar surface area (TPSA) is 38.0 Å². The number of benzene rings is 1. The zero-order valence-corrected chi connectivity index (χ0v) is 10.3. The summed E-state index contributed by atoms with van der Waals surface area (Å²) in [4.78, 5) is 0. The SMILES string of the molecule is CCCc1nn(-c2ccccc2)c(O)c1CC. The first-order chi connectivity index (χ1) is 8.27. The minimum atomic E-state index is 0.280. The van der Waals surface area contributed by atoms with Crippen molar-refractivity contribution in [2.75, 3.05) is 0 Å². The Morgan fingerprint density at radius 3 is 2.47 bits per heavy atom. The number of nitrogens with zero attached hydrogens (tertiary/aromatic N) is 2. The van der Waals surface area contributed by atoms with Crippen LogP contribution in [0.25, 0.3) is 5.69 Å². The predicted octanol–water partition coefficient (Wildman–Crippen LogP) is 3.09. The van der Waals surface area contributed by atoms with E-state index in [4.69, 9.17) is 0 Å². The number of aromatic nitrogens is 2. The average molecular weight is 230 g/mol. The normalized spacial score (nSPS) is 10.7. The molecule has 1 aromatic carbocycles. The first-order valence-electron chi connectivity index (χ1n) is 6.13. The molecule has 0 aliphatic carbocycles. The molecule has 0 saturated heterocycles. The Kier molecular flexibility index (Phi) is 3.47. The number of rotatable bonds is 4. The number of aromatic hydroxyl groups is 1. The van der Waals surface area contributed by atoms with Gasteiger partial charge in [0.25, 0.3) is 0 Å². The molecule has 0 unspecified atom stereocenters. The van der Waals surface area contributed by atoms with Crippen molar-refractivity contribution in [2.24, 2.45) is 0 Å². The largest absolute Gasteiger partial charge is 0.493 e. The fraction of sp³-hybridized carbons (Fsp3) is 0.357. The van der Waals surface area contributed by atoms with Gasteiger partial charge < -0.3 is 5.11 Å². The molecule has 0 bridgehead atoms. The second-order valence-electron chi connectivity index (χ2n) is 4.10. The maximum atomic E-state index is 10.2. The van der Waals surface area contributed by atoms with E-state index in [1.165, 1.54) is 0 Å². The Hall–Kier alpha value is -1.77. The van der Waals surface area contributed by atoms with E-state index in [1.807, 2.05) is 37.3 Å². The van der Waals surface area contributed by atoms with E-state index in [0.717, 1.165) is 36.2 Å². The Labute approximate surface area is 102 Å². The highest BCUT2D eigenvalue weighted by Crippen LogP contribution is 2.26. The lowest BCUT2D eigenvalue weighted by Crippen LogP contribution is -1.96. The highest BCUT2D eigenvalue weighted by Gasteiger charge is 2.15. The first kappa shape index (κ1) is 11.7. The van der Waals surface area contributed by atoms with Gasteiger partial charge in [0.2, 0.25) is 5.88 Å². The molecular weight excluding hydrogens is 212 g/mol. The molecule has 0 spiro atoms. The molecular formula is C14H18N2O. The molecule has 0 radical (unpaired) electrons. The standard InChI is InChI=1S/C14H18N2O/c1-3-8-13-12(4-2)14(17)16(15-13)11-9-6-5-7-10-11/h5-7,9-10,17H,3-4,8H2,1-2H3. The first-order valence-corrected chi connectivity index (χ1v) is 6.13. The van der Waals surface area contributed by atoms with Crippen LogP contribution >= 0.6 is 0 Å². The Morgan fingerprint density at radius 1 is 1.18 bits per heavy atom. The summed E-state index contributed by atoms with van der Waals surface area (Å²) < 4.78 is 1.63. The predicted molar refractivity (Wildman–Crippen MR) is 68.6 cm³/mol. The Morgan fingerprint density at radius 2 is 1.88 bits per heavy atom. The van der Waals surface area contributed by atoms with Crippen LogP contribution in [0.3, 0.4) is 0 Å². The van der Waals surface area contributed by atoms with E-state index in [-0.39, 0.29) is 5.88 Å². The third kappa shape index (κ3) is 2.18. The molecule has 90 valence electrons. The third-order valence-electron chi connectivity index (χ3n) is 2.88. The van der Waals surface area contributed by atoms with Crippen molar-refractivity contribution in [2.45, 2.75) is 33.1 Å². The Bertz CT molecular complexity index is 488. The highest BCUT2D eigenvalue weighted by molar-refractivity contribution is 5.40. The lowest BCUT2D eigenvalue weighted by Gasteiger charge is -2.02. The molecule has 0 atom stereocenters. The van der Waals surface area contributed by atoms with Crippen LogP contribution in [0.1, 0.15) is 31.5 Å². The maximum absolute atomic E-state index is 10.2. The number of hydrogen-bond acceptors (Lipinski definition) is 2. The van der Waals surface area contributed by atoms with Crippen LogP contribution in [0.15, 0.2) is 30.3 Å². The van der Waals surface area contributed by atoms with Gasteiger partial charge >= 0.3 is 0 Å². The van der Waals surface area contributed by atoms with Crippen molar-refractivity contribution in [3.63, 3.8) is 0 Å². The van der Waals surface area contributed by atoms with E-state index < -0.39 is 0 Å². The molecule has 2 rings (SSSR count). The van der Waals surface area contributed by atoms with Gasteiger partial charge in [-0.15, -0.1) is 0 Å². The lowest BCUT2D eigenvalue weighted by molar-refractivity contribution is 0.428. The molecule has 1 aromatic heterocycles. The summed E-state index contributed by atoms with van der Waals surface area (Å²) in [6, 6.07) is 9.74. The molecule has 3 heteroatoms. The summed E-state index contributed by atoms with van der Waals surface area (Å²) in [7, 11) is 0. The molecule has 1 heterocycles. The van der Waals surface area contributed by atoms with Crippen molar-refractivity contribution < 1.29 is 5.11 Å². The number of aryl methyl sites for hydroxylation is 1. The van der Waals surface area contributed by atoms with Gasteiger partial charge in [-0.1, -0.05) is 38.5 Å². The minimum absolute atomic E-state index is 0.280. The van der Waals surface area contributed by atoms with Gasteiger partial charge in [-0.05, 0) is 25.0 Å². The number of para-hydroxylation sites is 1. The maximum Gasteiger partial charge on any atom is 0.217 e. The fourth-order valence-corrected chi connectivity index (χ4v) is 2.03. The lowest BCUT2D eigenvalue weighted by atomic mass is 10.1. The van der Waals surface area contributed by atoms with E-state index in [0.29, 0.717) is 0 Å². The quantitative estimate of drug-likeness (QED) is 0.876. The summed E-state index contributed by atoms with van der Waals surface area (Å²) in [5.41, 5.74) is 2.88. The molecule has 0 fully saturated rings. The van der Waals surface area contributed by atoms with E-state index in [9.17, 15) is 5.11 Å². The molecule has 0 aliphatic heterocycles. The van der Waals surface area contributed by atoms with Gasteiger partial charge in [0.1, 0.15) is 0 Å². The van der Waals surface area contributed by atoms with Crippen molar-refractivity contribution in [3.8, 4) is 11.6 Å². The van der Waals surface area contributed by atoms with Crippen LogP contribution < -0.4 is 0 Å². The van der Waals surface area contributed by atoms with Gasteiger partial charge in [0.05, 0.1) is 11.4 Å². The van der Waals surface area contributed by atoms with Crippen LogP contribution in [0.2, 0.25) is 0 Å². The van der Waals surface area contributed by atoms with E-state index >= 15 is 0 Å². The van der Waals surface area contributed by atoms with Gasteiger partial charge in [-0.3, -0.25) is 0 Å². The molecule has 17 heavy (non-hydrogen) atoms. The van der Waals surface area contributed by atoms with Crippen molar-refractivity contribution in [1.29, 1.82) is 0 Å². The molecule has 0 saturated carbocycles. The van der Waals surface area contributed by atoms with Gasteiger partial charge in [0.15, 0.2) is 0 Å². The Balaban J connectivity index is 2.49. The van der Waals surface area contributed by atoms with Gasteiger partial charge in [0, 0.05) is 5.56 Å². The van der Waals surface area contributed by atoms with Gasteiger partial charge in [-0.25, -0.2) is 4.68 Å². The zero-order valence-electron chi connectivity index (χ0n) is 10.3. The minimum Gasteiger partial charge on any atom is -0.493 e. The van der Waals surface area contributed by atoms with Crippen LogP contribution in [0.4, 0.5) is 0 Å². The summed E-state index contributed by atoms with van der Waals surface area (Å²) in [5.74, 6) is 0.280. The third-order valence-corrected chi connectivity index (χ3v) is 2.88. The molecule has 1 N–H and O–H groups in total. The van der Waals surface area contributed by atoms with E-state index in [2.05, 4.69) is 12.0 Å². The van der Waals surface area contributed by atoms with Crippen LogP contribution in [0, 0.1) is 0 Å². The second kappa shape index (κ2) is 5.04. The molecule has 2 aromatic rings. The molecule has 0 aliphatic rings. The van der Waals surface area contributed by atoms with Crippen molar-refractivity contribution in [1.82, 2.24) is 9.78 Å². The molecule has 0 amide bonds. The van der Waals surface area contributed by atoms with Crippen LogP contribution in [0.5, 0.6) is 5.88 Å². The summed E-state index contributed by atoms with van der Waals surface area (Å²) in [6.07, 6.45) is 2.77. The second-order valence-corrected chi connectivity index (χ2v) is 4.10. The average Bonchev–Trinajstić information content (AvgIpc) is 2.67. The van der Waals surface area contributed by atoms with E-state index in [1.54, 1.807) is 4.68 Å². The van der Waals surface area contributed by atoms with Gasteiger partial charge in [-0.2, -0.15) is 5.10 Å². The number of hydrogen-bond donors (Lipinski definition) is 1. The van der Waals surface area contributed by atoms with Crippen LogP contribution in [-0.4, -0.2) is 14.9 Å². The van der Waals surface area contributed by atoms with Crippen molar-refractivity contribution >= 4 is 0 Å².